The highest BCUT2D eigenvalue weighted by Crippen LogP contribution is 2.26. The van der Waals surface area contributed by atoms with E-state index in [1.165, 1.54) is 0 Å². The Hall–Kier alpha value is -1.10. The molecular weight excluding hydrogens is 278 g/mol. The van der Waals surface area contributed by atoms with Gasteiger partial charge < -0.3 is 9.47 Å². The maximum Gasteiger partial charge on any atom is 0.164 e. The van der Waals surface area contributed by atoms with Gasteiger partial charge >= 0.3 is 0 Å². The van der Waals surface area contributed by atoms with Crippen molar-refractivity contribution in [3.05, 3.63) is 28.8 Å². The molecule has 1 aromatic rings. The van der Waals surface area contributed by atoms with E-state index in [0.29, 0.717) is 29.4 Å². The van der Waals surface area contributed by atoms with Crippen LogP contribution in [0.25, 0.3) is 0 Å². The molecule has 1 fully saturated rings. The Labute approximate surface area is 124 Å². The van der Waals surface area contributed by atoms with E-state index in [-0.39, 0.29) is 5.78 Å². The average molecular weight is 298 g/mol. The lowest BCUT2D eigenvalue weighted by molar-refractivity contribution is 0.0370. The molecule has 0 spiro atoms. The Bertz CT molecular complexity index is 458. The molecule has 0 radical (unpaired) electrons. The molecule has 1 heterocycles. The molecule has 1 aliphatic rings. The molecule has 1 aliphatic heterocycles. The van der Waals surface area contributed by atoms with Gasteiger partial charge in [-0.15, -0.1) is 0 Å². The molecule has 20 heavy (non-hydrogen) atoms. The highest BCUT2D eigenvalue weighted by atomic mass is 35.5. The summed E-state index contributed by atoms with van der Waals surface area (Å²) in [5.74, 6) is 0.736. The number of rotatable bonds is 6. The summed E-state index contributed by atoms with van der Waals surface area (Å²) >= 11 is 6.10. The average Bonchev–Trinajstić information content (AvgIpc) is 2.48. The van der Waals surface area contributed by atoms with E-state index < -0.39 is 0 Å². The van der Waals surface area contributed by atoms with E-state index in [4.69, 9.17) is 21.1 Å². The molecule has 0 amide bonds. The lowest BCUT2D eigenvalue weighted by Crippen LogP contribution is -2.37. The number of halogens is 1. The third-order valence-corrected chi connectivity index (χ3v) is 3.61. The van der Waals surface area contributed by atoms with E-state index >= 15 is 0 Å². The second-order valence-electron chi connectivity index (χ2n) is 4.71. The van der Waals surface area contributed by atoms with Crippen LogP contribution in [0, 0.1) is 0 Å². The fraction of sp³-hybridized carbons (Fsp3) is 0.533. The predicted molar refractivity (Wildman–Crippen MR) is 78.8 cm³/mol. The SMILES string of the molecule is CCOc1ccc(C(=O)CCN2CCOCC2)cc1Cl. The lowest BCUT2D eigenvalue weighted by Gasteiger charge is -2.26. The van der Waals surface area contributed by atoms with Crippen LogP contribution in [0.15, 0.2) is 18.2 Å². The molecule has 0 aromatic heterocycles. The molecule has 2 rings (SSSR count). The van der Waals surface area contributed by atoms with Gasteiger partial charge in [0.2, 0.25) is 0 Å². The van der Waals surface area contributed by atoms with Crippen LogP contribution in [0.3, 0.4) is 0 Å². The van der Waals surface area contributed by atoms with Crippen molar-refractivity contribution in [3.8, 4) is 5.75 Å². The number of benzene rings is 1. The number of hydrogen-bond acceptors (Lipinski definition) is 4. The number of nitrogens with zero attached hydrogens (tertiary/aromatic N) is 1. The lowest BCUT2D eigenvalue weighted by atomic mass is 10.1. The molecule has 0 bridgehead atoms. The van der Waals surface area contributed by atoms with Gasteiger partial charge in [-0.05, 0) is 25.1 Å². The Morgan fingerprint density at radius 1 is 1.40 bits per heavy atom. The number of Topliss-reactive ketones (excluding diaryl/α,β-unsaturated/α-hetero) is 1. The monoisotopic (exact) mass is 297 g/mol. The minimum absolute atomic E-state index is 0.112. The Morgan fingerprint density at radius 3 is 2.80 bits per heavy atom. The minimum Gasteiger partial charge on any atom is -0.492 e. The summed E-state index contributed by atoms with van der Waals surface area (Å²) in [7, 11) is 0. The second-order valence-corrected chi connectivity index (χ2v) is 5.11. The smallest absolute Gasteiger partial charge is 0.164 e. The summed E-state index contributed by atoms with van der Waals surface area (Å²) in [4.78, 5) is 14.4. The zero-order chi connectivity index (χ0) is 14.4. The van der Waals surface area contributed by atoms with E-state index in [1.54, 1.807) is 18.2 Å². The van der Waals surface area contributed by atoms with Crippen molar-refractivity contribution in [1.82, 2.24) is 4.90 Å². The quantitative estimate of drug-likeness (QED) is 0.757. The van der Waals surface area contributed by atoms with Gasteiger partial charge in [-0.1, -0.05) is 11.6 Å². The number of ether oxygens (including phenoxy) is 2. The molecule has 0 N–H and O–H groups in total. The summed E-state index contributed by atoms with van der Waals surface area (Å²) < 4.78 is 10.6. The van der Waals surface area contributed by atoms with Crippen molar-refractivity contribution in [2.24, 2.45) is 0 Å². The van der Waals surface area contributed by atoms with Gasteiger partial charge in [-0.3, -0.25) is 9.69 Å². The number of carbonyl (C=O) groups is 1. The van der Waals surface area contributed by atoms with Crippen LogP contribution in [0.1, 0.15) is 23.7 Å². The fourth-order valence-electron chi connectivity index (χ4n) is 2.18. The first-order valence-electron chi connectivity index (χ1n) is 6.96. The molecule has 110 valence electrons. The number of hydrogen-bond donors (Lipinski definition) is 0. The van der Waals surface area contributed by atoms with Crippen LogP contribution in [0.2, 0.25) is 5.02 Å². The van der Waals surface area contributed by atoms with Crippen molar-refractivity contribution in [3.63, 3.8) is 0 Å². The minimum atomic E-state index is 0.112. The van der Waals surface area contributed by atoms with Crippen LogP contribution in [-0.2, 0) is 4.74 Å². The van der Waals surface area contributed by atoms with Gasteiger partial charge in [0, 0.05) is 31.6 Å². The third-order valence-electron chi connectivity index (χ3n) is 3.31. The molecule has 5 heteroatoms. The van der Waals surface area contributed by atoms with Gasteiger partial charge in [0.15, 0.2) is 5.78 Å². The Kier molecular flexibility index (Phi) is 5.83. The highest BCUT2D eigenvalue weighted by molar-refractivity contribution is 6.32. The molecular formula is C15H20ClNO3. The Morgan fingerprint density at radius 2 is 2.15 bits per heavy atom. The third kappa shape index (κ3) is 4.20. The standard InChI is InChI=1S/C15H20ClNO3/c1-2-20-15-4-3-12(11-13(15)16)14(18)5-6-17-7-9-19-10-8-17/h3-4,11H,2,5-10H2,1H3. The number of carbonyl (C=O) groups excluding carboxylic acids is 1. The van der Waals surface area contributed by atoms with Crippen molar-refractivity contribution >= 4 is 17.4 Å². The second kappa shape index (κ2) is 7.62. The maximum absolute atomic E-state index is 12.2. The molecule has 0 unspecified atom stereocenters. The fourth-order valence-corrected chi connectivity index (χ4v) is 2.41. The van der Waals surface area contributed by atoms with E-state index in [0.717, 1.165) is 32.8 Å². The van der Waals surface area contributed by atoms with Crippen LogP contribution >= 0.6 is 11.6 Å². The zero-order valence-corrected chi connectivity index (χ0v) is 12.5. The Balaban J connectivity index is 1.89. The summed E-state index contributed by atoms with van der Waals surface area (Å²) in [6.07, 6.45) is 0.504. The highest BCUT2D eigenvalue weighted by Gasteiger charge is 2.14. The van der Waals surface area contributed by atoms with Gasteiger partial charge in [0.1, 0.15) is 5.75 Å². The summed E-state index contributed by atoms with van der Waals surface area (Å²) in [6.45, 7) is 6.54. The van der Waals surface area contributed by atoms with Crippen LogP contribution < -0.4 is 4.74 Å². The molecule has 0 atom stereocenters. The van der Waals surface area contributed by atoms with Gasteiger partial charge in [0.05, 0.1) is 24.8 Å². The van der Waals surface area contributed by atoms with Crippen LogP contribution in [0.4, 0.5) is 0 Å². The molecule has 1 aromatic carbocycles. The summed E-state index contributed by atoms with van der Waals surface area (Å²) in [5.41, 5.74) is 0.645. The summed E-state index contributed by atoms with van der Waals surface area (Å²) in [6, 6.07) is 5.22. The maximum atomic E-state index is 12.2. The topological polar surface area (TPSA) is 38.8 Å². The normalized spacial score (nSPS) is 16.1. The predicted octanol–water partition coefficient (Wildman–Crippen LogP) is 2.64. The van der Waals surface area contributed by atoms with Gasteiger partial charge in [0.25, 0.3) is 0 Å². The first-order valence-corrected chi connectivity index (χ1v) is 7.34. The molecule has 0 saturated carbocycles. The first kappa shape index (κ1) is 15.3. The van der Waals surface area contributed by atoms with E-state index in [9.17, 15) is 4.79 Å². The van der Waals surface area contributed by atoms with Crippen molar-refractivity contribution in [2.45, 2.75) is 13.3 Å². The first-order chi connectivity index (χ1) is 9.70. The van der Waals surface area contributed by atoms with Crippen molar-refractivity contribution in [2.75, 3.05) is 39.5 Å². The van der Waals surface area contributed by atoms with Crippen molar-refractivity contribution in [1.29, 1.82) is 0 Å². The largest absolute Gasteiger partial charge is 0.492 e. The summed E-state index contributed by atoms with van der Waals surface area (Å²) in [5, 5.41) is 0.490. The van der Waals surface area contributed by atoms with Gasteiger partial charge in [-0.25, -0.2) is 0 Å². The number of morpholine rings is 1. The van der Waals surface area contributed by atoms with Crippen LogP contribution in [0.5, 0.6) is 5.75 Å². The molecule has 0 aliphatic carbocycles. The van der Waals surface area contributed by atoms with Crippen molar-refractivity contribution < 1.29 is 14.3 Å². The molecule has 4 nitrogen and oxygen atoms in total. The van der Waals surface area contributed by atoms with E-state index in [1.807, 2.05) is 6.92 Å². The van der Waals surface area contributed by atoms with E-state index in [2.05, 4.69) is 4.90 Å². The number of ketones is 1. The molecule has 1 saturated heterocycles. The van der Waals surface area contributed by atoms with Crippen LogP contribution in [-0.4, -0.2) is 50.1 Å². The zero-order valence-electron chi connectivity index (χ0n) is 11.7. The van der Waals surface area contributed by atoms with Gasteiger partial charge in [-0.2, -0.15) is 0 Å².